The van der Waals surface area contributed by atoms with Gasteiger partial charge in [0.05, 0.1) is 11.7 Å². The van der Waals surface area contributed by atoms with E-state index in [1.807, 2.05) is 0 Å². The summed E-state index contributed by atoms with van der Waals surface area (Å²) in [5, 5.41) is 22.4. The lowest BCUT2D eigenvalue weighted by Gasteiger charge is -2.23. The van der Waals surface area contributed by atoms with E-state index in [0.29, 0.717) is 16.3 Å². The summed E-state index contributed by atoms with van der Waals surface area (Å²) in [5.41, 5.74) is -4.03. The van der Waals surface area contributed by atoms with Gasteiger partial charge in [-0.25, -0.2) is 28.1 Å². The Morgan fingerprint density at radius 1 is 1.14 bits per heavy atom. The zero-order chi connectivity index (χ0) is 36.6. The van der Waals surface area contributed by atoms with E-state index in [0.717, 1.165) is 12.1 Å². The van der Waals surface area contributed by atoms with Crippen LogP contribution in [0, 0.1) is 29.4 Å². The maximum Gasteiger partial charge on any atom is 0.435 e. The molecule has 2 aliphatic rings. The Morgan fingerprint density at radius 2 is 1.86 bits per heavy atom. The molecule has 0 bridgehead atoms. The zero-order valence-corrected chi connectivity index (χ0v) is 26.6. The van der Waals surface area contributed by atoms with Crippen LogP contribution in [0.15, 0.2) is 53.5 Å². The third-order valence-electron chi connectivity index (χ3n) is 8.67. The molecule has 51 heavy (non-hydrogen) atoms. The number of pyridine rings is 2. The van der Waals surface area contributed by atoms with Gasteiger partial charge < -0.3 is 10.4 Å². The third kappa shape index (κ3) is 6.47. The maximum absolute atomic E-state index is 15.2. The van der Waals surface area contributed by atoms with E-state index >= 15 is 8.78 Å². The minimum Gasteiger partial charge on any atom is -0.378 e. The van der Waals surface area contributed by atoms with Crippen molar-refractivity contribution in [2.75, 3.05) is 0 Å². The lowest BCUT2D eigenvalue weighted by molar-refractivity contribution is -0.142. The smallest absolute Gasteiger partial charge is 0.378 e. The van der Waals surface area contributed by atoms with Gasteiger partial charge in [-0.1, -0.05) is 5.92 Å². The highest BCUT2D eigenvalue weighted by Gasteiger charge is 2.68. The number of fused-ring (bicyclic) bond motifs is 4. The number of benzene rings is 1. The molecule has 5 aromatic rings. The largest absolute Gasteiger partial charge is 0.435 e. The van der Waals surface area contributed by atoms with E-state index in [1.165, 1.54) is 42.6 Å². The second kappa shape index (κ2) is 11.8. The van der Waals surface area contributed by atoms with Crippen LogP contribution >= 0.6 is 0 Å². The summed E-state index contributed by atoms with van der Waals surface area (Å²) in [5.74, 6) is -3.62. The molecule has 3 atom stereocenters. The minimum atomic E-state index is -5.05. The van der Waals surface area contributed by atoms with Crippen LogP contribution < -0.4 is 11.0 Å². The monoisotopic (exact) mass is 713 g/mol. The number of rotatable bonds is 7. The summed E-state index contributed by atoms with van der Waals surface area (Å²) in [6.45, 7) is 1.81. The van der Waals surface area contributed by atoms with Crippen molar-refractivity contribution in [2.24, 2.45) is 5.92 Å². The SMILES string of the molecule is CC(C)(O)C#Cc1ccc(-c2ccc3n[nH]c(=O)n3c2)c(C(Cc2cc(F)cc(F)c2)NC(=O)Cn2nc(C(F)(F)F)c3c2C(F)(F)[C@@H]2C[C@H]32)n1. The Hall–Kier alpha value is -5.50. The molecule has 1 unspecified atom stereocenters. The van der Waals surface area contributed by atoms with Gasteiger partial charge in [0, 0.05) is 34.9 Å². The van der Waals surface area contributed by atoms with Crippen LogP contribution in [0.5, 0.6) is 0 Å². The summed E-state index contributed by atoms with van der Waals surface area (Å²) in [6, 6.07) is 7.44. The van der Waals surface area contributed by atoms with E-state index in [9.17, 15) is 36.6 Å². The molecule has 1 fully saturated rings. The van der Waals surface area contributed by atoms with Gasteiger partial charge in [0.15, 0.2) is 11.3 Å². The molecule has 4 aromatic heterocycles. The van der Waals surface area contributed by atoms with Crippen LogP contribution in [-0.2, 0) is 29.9 Å². The summed E-state index contributed by atoms with van der Waals surface area (Å²) < 4.78 is 102. The first-order valence-electron chi connectivity index (χ1n) is 15.5. The van der Waals surface area contributed by atoms with Crippen LogP contribution in [-0.4, -0.2) is 46.0 Å². The lowest BCUT2D eigenvalue weighted by atomic mass is 9.95. The lowest BCUT2D eigenvalue weighted by Crippen LogP contribution is -2.35. The second-order valence-corrected chi connectivity index (χ2v) is 13.1. The van der Waals surface area contributed by atoms with Crippen molar-refractivity contribution in [3.63, 3.8) is 0 Å². The first kappa shape index (κ1) is 34.0. The molecule has 2 aliphatic carbocycles. The molecule has 7 rings (SSSR count). The average molecular weight is 714 g/mol. The zero-order valence-electron chi connectivity index (χ0n) is 26.6. The van der Waals surface area contributed by atoms with Gasteiger partial charge in [0.1, 0.15) is 35.2 Å². The van der Waals surface area contributed by atoms with Gasteiger partial charge in [-0.05, 0) is 80.5 Å². The topological polar surface area (TPSA) is 130 Å². The van der Waals surface area contributed by atoms with Gasteiger partial charge in [-0.3, -0.25) is 9.48 Å². The number of amides is 1. The molecule has 17 heteroatoms. The molecule has 1 saturated carbocycles. The average Bonchev–Trinajstić information content (AvgIpc) is 3.54. The quantitative estimate of drug-likeness (QED) is 0.161. The number of carbonyl (C=O) groups is 1. The van der Waals surface area contributed by atoms with E-state index < -0.39 is 82.3 Å². The van der Waals surface area contributed by atoms with E-state index in [2.05, 4.69) is 37.4 Å². The number of hydrogen-bond acceptors (Lipinski definition) is 6. The Kier molecular flexibility index (Phi) is 7.86. The first-order chi connectivity index (χ1) is 23.9. The molecule has 4 heterocycles. The maximum atomic E-state index is 15.2. The summed E-state index contributed by atoms with van der Waals surface area (Å²) in [7, 11) is 0. The van der Waals surface area contributed by atoms with Crippen molar-refractivity contribution in [1.82, 2.24) is 34.7 Å². The van der Waals surface area contributed by atoms with Crippen molar-refractivity contribution in [3.05, 3.63) is 105 Å². The molecule has 3 N–H and O–H groups in total. The van der Waals surface area contributed by atoms with Gasteiger partial charge in [0.2, 0.25) is 5.91 Å². The molecule has 10 nitrogen and oxygen atoms in total. The summed E-state index contributed by atoms with van der Waals surface area (Å²) in [6.07, 6.45) is -4.11. The van der Waals surface area contributed by atoms with Gasteiger partial charge >= 0.3 is 11.9 Å². The number of alkyl halides is 5. The van der Waals surface area contributed by atoms with Gasteiger partial charge in [0.25, 0.3) is 5.92 Å². The first-order valence-corrected chi connectivity index (χ1v) is 15.5. The predicted octanol–water partition coefficient (Wildman–Crippen LogP) is 5.01. The highest BCUT2D eigenvalue weighted by Crippen LogP contribution is 2.68. The number of aromatic nitrogens is 6. The number of aromatic amines is 1. The molecule has 1 amide bonds. The van der Waals surface area contributed by atoms with Crippen LogP contribution in [0.4, 0.5) is 30.7 Å². The summed E-state index contributed by atoms with van der Waals surface area (Å²) in [4.78, 5) is 30.6. The van der Waals surface area contributed by atoms with Crippen LogP contribution in [0.2, 0.25) is 0 Å². The number of aliphatic hydroxyl groups is 1. The highest BCUT2D eigenvalue weighted by molar-refractivity contribution is 5.77. The predicted molar refractivity (Wildman–Crippen MR) is 165 cm³/mol. The van der Waals surface area contributed by atoms with Crippen molar-refractivity contribution >= 4 is 11.6 Å². The van der Waals surface area contributed by atoms with Crippen LogP contribution in [0.25, 0.3) is 16.8 Å². The normalized spacial score (nSPS) is 18.2. The number of H-pyrrole nitrogens is 1. The number of nitrogens with one attached hydrogen (secondary N) is 2. The molecular formula is C34H26F7N7O3. The second-order valence-electron chi connectivity index (χ2n) is 13.1. The van der Waals surface area contributed by atoms with Crippen LogP contribution in [0.1, 0.15) is 66.1 Å². The standard InChI is InChI=1S/C34H26F7N7O3/c1-32(2,51)8-7-20-4-5-21(17-3-6-25-44-45-31(50)47(25)14-17)28(42-20)24(11-16-9-18(35)12-19(36)10-16)43-26(49)15-48-30-27(29(46-48)34(39,40)41)22-13-23(22)33(30,37)38/h3-6,9-10,12,14,22-24,51H,11,13,15H2,1-2H3,(H,43,49)(H,45,50)/t22-,23+,24?/m0/s1. The summed E-state index contributed by atoms with van der Waals surface area (Å²) >= 11 is 0. The Bertz CT molecular complexity index is 2320. The number of nitrogens with zero attached hydrogens (tertiary/aromatic N) is 5. The van der Waals surface area contributed by atoms with Crippen molar-refractivity contribution in [2.45, 2.75) is 62.9 Å². The Morgan fingerprint density at radius 3 is 2.55 bits per heavy atom. The number of hydrogen-bond donors (Lipinski definition) is 3. The Labute approximate surface area is 283 Å². The Balaban J connectivity index is 1.33. The molecule has 0 saturated heterocycles. The number of halogens is 7. The molecule has 0 aliphatic heterocycles. The molecule has 0 spiro atoms. The fourth-order valence-corrected chi connectivity index (χ4v) is 6.49. The number of carbonyl (C=O) groups excluding carboxylic acids is 1. The van der Waals surface area contributed by atoms with Crippen molar-refractivity contribution < 1.29 is 40.6 Å². The molecule has 1 aromatic carbocycles. The van der Waals surface area contributed by atoms with Crippen LogP contribution in [0.3, 0.4) is 0 Å². The fraction of sp³-hybridized carbons (Fsp3) is 0.324. The van der Waals surface area contributed by atoms with E-state index in [1.54, 1.807) is 6.07 Å². The van der Waals surface area contributed by atoms with Gasteiger partial charge in [-0.2, -0.15) is 32.1 Å². The fourth-order valence-electron chi connectivity index (χ4n) is 6.49. The molecule has 264 valence electrons. The van der Waals surface area contributed by atoms with E-state index in [-0.39, 0.29) is 41.0 Å². The van der Waals surface area contributed by atoms with Crippen molar-refractivity contribution in [3.8, 4) is 23.0 Å². The van der Waals surface area contributed by atoms with E-state index in [4.69, 9.17) is 0 Å². The third-order valence-corrected chi connectivity index (χ3v) is 8.67. The van der Waals surface area contributed by atoms with Gasteiger partial charge in [-0.15, -0.1) is 0 Å². The minimum absolute atomic E-state index is 0.0275. The van der Waals surface area contributed by atoms with Crippen molar-refractivity contribution in [1.29, 1.82) is 0 Å². The molecular weight excluding hydrogens is 687 g/mol. The molecule has 0 radical (unpaired) electrons. The highest BCUT2D eigenvalue weighted by atomic mass is 19.4.